The monoisotopic (exact) mass is 354 g/mol. The van der Waals surface area contributed by atoms with Gasteiger partial charge >= 0.3 is 11.7 Å². The molecule has 8 heteroatoms. The molecule has 26 heavy (non-hydrogen) atoms. The van der Waals surface area contributed by atoms with Crippen LogP contribution >= 0.6 is 0 Å². The van der Waals surface area contributed by atoms with Gasteiger partial charge in [-0.25, -0.2) is 9.59 Å². The number of aromatic amines is 1. The minimum atomic E-state index is -0.0830. The van der Waals surface area contributed by atoms with Crippen molar-refractivity contribution in [3.05, 3.63) is 52.7 Å². The van der Waals surface area contributed by atoms with Crippen LogP contribution in [0.1, 0.15) is 24.6 Å². The number of fused-ring (bicyclic) bond motifs is 1. The predicted molar refractivity (Wildman–Crippen MR) is 97.8 cm³/mol. The van der Waals surface area contributed by atoms with Gasteiger partial charge in [-0.05, 0) is 31.0 Å². The zero-order chi connectivity index (χ0) is 18.1. The molecule has 4 rings (SSSR count). The maximum Gasteiger partial charge on any atom is 0.326 e. The molecule has 0 radical (unpaired) electrons. The molecule has 2 aromatic heterocycles. The van der Waals surface area contributed by atoms with E-state index in [1.807, 2.05) is 48.1 Å². The highest BCUT2D eigenvalue weighted by molar-refractivity contribution is 5.75. The number of hydrogen-bond acceptors (Lipinski definition) is 3. The molecule has 1 fully saturated rings. The van der Waals surface area contributed by atoms with E-state index < -0.39 is 0 Å². The lowest BCUT2D eigenvalue weighted by Crippen LogP contribution is -2.45. The van der Waals surface area contributed by atoms with Gasteiger partial charge < -0.3 is 15.2 Å². The lowest BCUT2D eigenvalue weighted by atomic mass is 10.0. The van der Waals surface area contributed by atoms with E-state index in [-0.39, 0.29) is 17.8 Å². The molecule has 1 aliphatic heterocycles. The zero-order valence-electron chi connectivity index (χ0n) is 14.7. The minimum Gasteiger partial charge on any atom is -0.332 e. The van der Waals surface area contributed by atoms with E-state index in [1.165, 1.54) is 0 Å². The van der Waals surface area contributed by atoms with Crippen LogP contribution in [0.5, 0.6) is 0 Å². The van der Waals surface area contributed by atoms with Crippen LogP contribution in [-0.2, 0) is 13.6 Å². The van der Waals surface area contributed by atoms with Crippen molar-refractivity contribution in [1.82, 2.24) is 29.5 Å². The number of likely N-dealkylation sites (tertiary alicyclic amines) is 1. The number of aryl methyl sites for hydroxylation is 1. The molecule has 8 nitrogen and oxygen atoms in total. The summed E-state index contributed by atoms with van der Waals surface area (Å²) in [5.41, 5.74) is 2.54. The number of benzene rings is 1. The van der Waals surface area contributed by atoms with E-state index >= 15 is 0 Å². The molecular weight excluding hydrogens is 332 g/mol. The summed E-state index contributed by atoms with van der Waals surface area (Å²) in [7, 11) is 1.85. The van der Waals surface area contributed by atoms with Gasteiger partial charge in [0.05, 0.1) is 23.3 Å². The molecule has 0 atom stereocenters. The van der Waals surface area contributed by atoms with Crippen LogP contribution in [0.4, 0.5) is 4.79 Å². The molecule has 136 valence electrons. The summed E-state index contributed by atoms with van der Waals surface area (Å²) in [6.45, 7) is 1.68. The average molecular weight is 354 g/mol. The highest BCUT2D eigenvalue weighted by Gasteiger charge is 2.25. The number of nitrogens with one attached hydrogen (secondary N) is 2. The summed E-state index contributed by atoms with van der Waals surface area (Å²) >= 11 is 0. The molecular formula is C18H22N6O2. The van der Waals surface area contributed by atoms with E-state index in [1.54, 1.807) is 9.58 Å². The molecule has 3 aromatic rings. The van der Waals surface area contributed by atoms with Crippen molar-refractivity contribution in [2.75, 3.05) is 13.1 Å². The van der Waals surface area contributed by atoms with Crippen LogP contribution in [-0.4, -0.2) is 43.4 Å². The number of piperidine rings is 1. The molecule has 0 aliphatic carbocycles. The molecule has 1 aliphatic rings. The van der Waals surface area contributed by atoms with Crippen LogP contribution in [0.2, 0.25) is 0 Å². The quantitative estimate of drug-likeness (QED) is 0.749. The number of aromatic nitrogens is 4. The average Bonchev–Trinajstić information content (AvgIpc) is 3.22. The van der Waals surface area contributed by atoms with Crippen molar-refractivity contribution in [3.8, 4) is 0 Å². The number of carbonyl (C=O) groups is 1. The van der Waals surface area contributed by atoms with Gasteiger partial charge in [-0.2, -0.15) is 5.10 Å². The maximum atomic E-state index is 12.4. The summed E-state index contributed by atoms with van der Waals surface area (Å²) in [4.78, 5) is 29.4. The Labute approximate surface area is 150 Å². The number of carbonyl (C=O) groups excluding carboxylic acids is 1. The van der Waals surface area contributed by atoms with Crippen LogP contribution in [0, 0.1) is 0 Å². The first-order valence-electron chi connectivity index (χ1n) is 8.82. The van der Waals surface area contributed by atoms with Crippen molar-refractivity contribution in [3.63, 3.8) is 0 Å². The summed E-state index contributed by atoms with van der Waals surface area (Å²) in [5, 5.41) is 7.16. The Hall–Kier alpha value is -3.03. The molecule has 1 aromatic carbocycles. The number of imidazole rings is 1. The topological polar surface area (TPSA) is 88.0 Å². The van der Waals surface area contributed by atoms with E-state index in [0.29, 0.717) is 19.6 Å². The van der Waals surface area contributed by atoms with E-state index in [0.717, 1.165) is 29.6 Å². The number of rotatable bonds is 3. The second kappa shape index (κ2) is 6.70. The second-order valence-electron chi connectivity index (χ2n) is 6.67. The summed E-state index contributed by atoms with van der Waals surface area (Å²) in [6.07, 6.45) is 3.38. The van der Waals surface area contributed by atoms with Crippen molar-refractivity contribution in [2.45, 2.75) is 25.4 Å². The van der Waals surface area contributed by atoms with E-state index in [2.05, 4.69) is 15.4 Å². The molecule has 1 saturated heterocycles. The number of nitrogens with zero attached hydrogens (tertiary/aromatic N) is 4. The van der Waals surface area contributed by atoms with Gasteiger partial charge in [0.1, 0.15) is 0 Å². The largest absolute Gasteiger partial charge is 0.332 e. The molecule has 0 bridgehead atoms. The first-order chi connectivity index (χ1) is 12.6. The highest BCUT2D eigenvalue weighted by atomic mass is 16.2. The molecule has 0 unspecified atom stereocenters. The fraction of sp³-hybridized carbons (Fsp3) is 0.389. The molecule has 2 N–H and O–H groups in total. The van der Waals surface area contributed by atoms with Gasteiger partial charge in [-0.15, -0.1) is 0 Å². The Morgan fingerprint density at radius 3 is 2.77 bits per heavy atom. The predicted octanol–water partition coefficient (Wildman–Crippen LogP) is 1.61. The third kappa shape index (κ3) is 3.10. The van der Waals surface area contributed by atoms with Crippen molar-refractivity contribution < 1.29 is 4.79 Å². The minimum absolute atomic E-state index is 0.0794. The Kier molecular flexibility index (Phi) is 4.24. The fourth-order valence-electron chi connectivity index (χ4n) is 3.60. The van der Waals surface area contributed by atoms with Gasteiger partial charge in [-0.1, -0.05) is 12.1 Å². The van der Waals surface area contributed by atoms with Crippen LogP contribution < -0.4 is 11.0 Å². The normalized spacial score (nSPS) is 15.5. The molecule has 0 saturated carbocycles. The zero-order valence-corrected chi connectivity index (χ0v) is 14.7. The van der Waals surface area contributed by atoms with Crippen LogP contribution in [0.25, 0.3) is 11.0 Å². The molecule has 0 spiro atoms. The third-order valence-electron chi connectivity index (χ3n) is 4.93. The second-order valence-corrected chi connectivity index (χ2v) is 6.67. The Balaban J connectivity index is 1.38. The van der Waals surface area contributed by atoms with Crippen molar-refractivity contribution in [1.29, 1.82) is 0 Å². The molecule has 2 amide bonds. The number of H-pyrrole nitrogens is 1. The number of hydrogen-bond donors (Lipinski definition) is 2. The number of urea groups is 1. The Morgan fingerprint density at radius 1 is 1.27 bits per heavy atom. The first-order valence-corrected chi connectivity index (χ1v) is 8.82. The highest BCUT2D eigenvalue weighted by Crippen LogP contribution is 2.24. The number of para-hydroxylation sites is 2. The standard InChI is InChI=1S/C18H22N6O2/c1-22-9-6-13(21-22)12-19-17(25)23-10-7-14(8-11-23)24-16-5-3-2-4-15(16)20-18(24)26/h2-6,9,14H,7-8,10-12H2,1H3,(H,19,25)(H,20,26). The van der Waals surface area contributed by atoms with Gasteiger partial charge in [0.25, 0.3) is 0 Å². The smallest absolute Gasteiger partial charge is 0.326 e. The Morgan fingerprint density at radius 2 is 2.04 bits per heavy atom. The van der Waals surface area contributed by atoms with Gasteiger partial charge in [0.15, 0.2) is 0 Å². The van der Waals surface area contributed by atoms with Crippen molar-refractivity contribution in [2.24, 2.45) is 7.05 Å². The third-order valence-corrected chi connectivity index (χ3v) is 4.93. The summed E-state index contributed by atoms with van der Waals surface area (Å²) < 4.78 is 3.55. The molecule has 3 heterocycles. The van der Waals surface area contributed by atoms with Gasteiger partial charge in [0, 0.05) is 32.4 Å². The van der Waals surface area contributed by atoms with Crippen LogP contribution in [0.3, 0.4) is 0 Å². The van der Waals surface area contributed by atoms with E-state index in [4.69, 9.17) is 0 Å². The maximum absolute atomic E-state index is 12.4. The lowest BCUT2D eigenvalue weighted by molar-refractivity contribution is 0.171. The Bertz CT molecular complexity index is 977. The fourth-order valence-corrected chi connectivity index (χ4v) is 3.60. The first kappa shape index (κ1) is 16.4. The van der Waals surface area contributed by atoms with Gasteiger partial charge in [0.2, 0.25) is 0 Å². The van der Waals surface area contributed by atoms with Crippen molar-refractivity contribution >= 4 is 17.1 Å². The lowest BCUT2D eigenvalue weighted by Gasteiger charge is -2.32. The summed E-state index contributed by atoms with van der Waals surface area (Å²) in [6, 6.07) is 9.63. The van der Waals surface area contributed by atoms with E-state index in [9.17, 15) is 9.59 Å². The van der Waals surface area contributed by atoms with Crippen LogP contribution in [0.15, 0.2) is 41.3 Å². The summed E-state index contributed by atoms with van der Waals surface area (Å²) in [5.74, 6) is 0. The SMILES string of the molecule is Cn1ccc(CNC(=O)N2CCC(n3c(=O)[nH]c4ccccc43)CC2)n1. The van der Waals surface area contributed by atoms with Gasteiger partial charge in [-0.3, -0.25) is 9.25 Å². The number of amides is 2.